The van der Waals surface area contributed by atoms with Crippen molar-refractivity contribution in [3.05, 3.63) is 78.9 Å². The number of nitrogens with zero attached hydrogens (tertiary/aromatic N) is 2. The van der Waals surface area contributed by atoms with Crippen LogP contribution in [0, 0.1) is 0 Å². The average molecular weight is 644 g/mol. The van der Waals surface area contributed by atoms with Crippen molar-refractivity contribution in [1.29, 1.82) is 0 Å². The first-order chi connectivity index (χ1) is 21.7. The molecule has 45 heavy (non-hydrogen) atoms. The molecule has 0 saturated heterocycles. The number of amides is 3. The Bertz CT molecular complexity index is 1880. The molecule has 0 atom stereocenters. The van der Waals surface area contributed by atoms with E-state index in [0.29, 0.717) is 46.9 Å². The maximum atomic E-state index is 13.5. The molecule has 3 N–H and O–H groups in total. The molecule has 0 bridgehead atoms. The molecule has 0 unspecified atom stereocenters. The summed E-state index contributed by atoms with van der Waals surface area (Å²) in [5.41, 5.74) is 5.24. The van der Waals surface area contributed by atoms with Gasteiger partial charge in [-0.1, -0.05) is 6.08 Å². The van der Waals surface area contributed by atoms with Crippen LogP contribution in [-0.2, 0) is 16.0 Å². The van der Waals surface area contributed by atoms with E-state index in [9.17, 15) is 19.2 Å². The highest BCUT2D eigenvalue weighted by Gasteiger charge is 2.29. The molecule has 10 nitrogen and oxygen atoms in total. The smallest absolute Gasteiger partial charge is 0.354 e. The van der Waals surface area contributed by atoms with E-state index < -0.39 is 5.97 Å². The zero-order chi connectivity index (χ0) is 31.7. The summed E-state index contributed by atoms with van der Waals surface area (Å²) in [5.74, 6) is -0.857. The molecular weight excluding hydrogens is 611 g/mol. The highest BCUT2D eigenvalue weighted by atomic mass is 32.1. The van der Waals surface area contributed by atoms with Crippen molar-refractivity contribution in [3.8, 4) is 0 Å². The Kier molecular flexibility index (Phi) is 8.70. The number of hydrogen-bond donors (Lipinski definition) is 3. The number of rotatable bonds is 9. The topological polar surface area (TPSA) is 124 Å². The van der Waals surface area contributed by atoms with Crippen LogP contribution >= 0.6 is 22.7 Å². The predicted molar refractivity (Wildman–Crippen MR) is 179 cm³/mol. The molecule has 0 spiro atoms. The van der Waals surface area contributed by atoms with E-state index in [4.69, 9.17) is 4.74 Å². The van der Waals surface area contributed by atoms with Crippen molar-refractivity contribution < 1.29 is 23.9 Å². The van der Waals surface area contributed by atoms with Crippen LogP contribution in [0.15, 0.2) is 47.5 Å². The Morgan fingerprint density at radius 2 is 1.93 bits per heavy atom. The number of aromatic amines is 1. The second kappa shape index (κ2) is 12.8. The van der Waals surface area contributed by atoms with Gasteiger partial charge in [0.05, 0.1) is 22.6 Å². The summed E-state index contributed by atoms with van der Waals surface area (Å²) in [7, 11) is 5.31. The standard InChI is InChI=1S/C33H33N5O5S2/c1-37(2)12-5-8-30(39)34-20-6-4-7-27-19(14-20)15-28(45-27)31(40)35-21-16-29(44-18-21)32(41)38-13-11-22-23-17-25(33(42)43-3)36-24(23)9-10-26(22)38/h4,7,9-10,14-18,36H,5-6,8,11-13H2,1-3H3,(H,34,39)(H,35,40). The highest BCUT2D eigenvalue weighted by molar-refractivity contribution is 7.15. The first-order valence-corrected chi connectivity index (χ1v) is 16.3. The number of carbonyl (C=O) groups is 4. The number of methoxy groups -OCH3 is 1. The molecule has 4 heterocycles. The third kappa shape index (κ3) is 6.48. The second-order valence-corrected chi connectivity index (χ2v) is 13.2. The van der Waals surface area contributed by atoms with Gasteiger partial charge >= 0.3 is 5.97 Å². The molecule has 1 aliphatic carbocycles. The van der Waals surface area contributed by atoms with Crippen molar-refractivity contribution in [2.24, 2.45) is 0 Å². The molecule has 2 aliphatic rings. The van der Waals surface area contributed by atoms with E-state index in [1.165, 1.54) is 29.8 Å². The molecule has 3 amide bonds. The van der Waals surface area contributed by atoms with Gasteiger partial charge in [-0.3, -0.25) is 14.4 Å². The number of esters is 1. The van der Waals surface area contributed by atoms with E-state index in [-0.39, 0.29) is 17.7 Å². The SMILES string of the molecule is COC(=O)c1cc2c3c(ccc2[nH]1)N(C(=O)c1cc(NC(=O)c2cc4c(s2)C=CCC(NC(=O)CCCN(C)C)=C4)cs1)CC3. The van der Waals surface area contributed by atoms with Gasteiger partial charge in [-0.15, -0.1) is 22.7 Å². The summed E-state index contributed by atoms with van der Waals surface area (Å²) in [6.07, 6.45) is 8.41. The number of fused-ring (bicyclic) bond motifs is 4. The lowest BCUT2D eigenvalue weighted by Gasteiger charge is -2.16. The van der Waals surface area contributed by atoms with Crippen LogP contribution in [0.1, 0.15) is 65.1 Å². The van der Waals surface area contributed by atoms with Crippen LogP contribution in [0.5, 0.6) is 0 Å². The van der Waals surface area contributed by atoms with Gasteiger partial charge in [-0.05, 0) is 87.1 Å². The molecule has 1 aliphatic heterocycles. The van der Waals surface area contributed by atoms with Gasteiger partial charge in [0.15, 0.2) is 0 Å². The van der Waals surface area contributed by atoms with Crippen molar-refractivity contribution in [3.63, 3.8) is 0 Å². The largest absolute Gasteiger partial charge is 0.464 e. The van der Waals surface area contributed by atoms with Gasteiger partial charge in [-0.2, -0.15) is 0 Å². The number of H-pyrrole nitrogens is 1. The second-order valence-electron chi connectivity index (χ2n) is 11.2. The van der Waals surface area contributed by atoms with Gasteiger partial charge in [0.1, 0.15) is 5.69 Å². The molecule has 4 aromatic rings. The number of anilines is 2. The quantitative estimate of drug-likeness (QED) is 0.200. The number of benzene rings is 1. The third-order valence-electron chi connectivity index (χ3n) is 7.75. The van der Waals surface area contributed by atoms with Crippen LogP contribution < -0.4 is 15.5 Å². The van der Waals surface area contributed by atoms with E-state index >= 15 is 0 Å². The summed E-state index contributed by atoms with van der Waals surface area (Å²) in [5, 5.41) is 8.61. The van der Waals surface area contributed by atoms with Crippen molar-refractivity contribution in [2.45, 2.75) is 25.7 Å². The first-order valence-electron chi connectivity index (χ1n) is 14.6. The van der Waals surface area contributed by atoms with E-state index in [0.717, 1.165) is 51.3 Å². The summed E-state index contributed by atoms with van der Waals surface area (Å²) in [6, 6.07) is 9.06. The normalized spacial score (nSPS) is 13.8. The van der Waals surface area contributed by atoms with Gasteiger partial charge in [0.25, 0.3) is 11.8 Å². The van der Waals surface area contributed by atoms with E-state index in [1.807, 2.05) is 50.5 Å². The zero-order valence-electron chi connectivity index (χ0n) is 25.2. The average Bonchev–Trinajstić information content (AvgIpc) is 3.80. The van der Waals surface area contributed by atoms with Crippen LogP contribution in [0.3, 0.4) is 0 Å². The Labute approximate surface area is 268 Å². The van der Waals surface area contributed by atoms with Crippen LogP contribution in [0.25, 0.3) is 23.1 Å². The lowest BCUT2D eigenvalue weighted by Crippen LogP contribution is -2.28. The zero-order valence-corrected chi connectivity index (χ0v) is 26.8. The molecular formula is C33H33N5O5S2. The van der Waals surface area contributed by atoms with Crippen molar-refractivity contribution in [1.82, 2.24) is 15.2 Å². The Morgan fingerprint density at radius 1 is 1.09 bits per heavy atom. The van der Waals surface area contributed by atoms with Crippen LogP contribution in [0.4, 0.5) is 11.4 Å². The maximum absolute atomic E-state index is 13.5. The number of hydrogen-bond acceptors (Lipinski definition) is 8. The molecule has 232 valence electrons. The van der Waals surface area contributed by atoms with Crippen LogP contribution in [0.2, 0.25) is 0 Å². The molecule has 3 aromatic heterocycles. The number of ether oxygens (including phenoxy) is 1. The van der Waals surface area contributed by atoms with Crippen molar-refractivity contribution >= 4 is 80.8 Å². The number of carbonyl (C=O) groups excluding carboxylic acids is 4. The Morgan fingerprint density at radius 3 is 2.73 bits per heavy atom. The minimum absolute atomic E-state index is 0.0150. The lowest BCUT2D eigenvalue weighted by molar-refractivity contribution is -0.120. The molecule has 1 aromatic carbocycles. The summed E-state index contributed by atoms with van der Waals surface area (Å²) < 4.78 is 4.84. The minimum atomic E-state index is -0.440. The van der Waals surface area contributed by atoms with Crippen molar-refractivity contribution in [2.75, 3.05) is 44.5 Å². The monoisotopic (exact) mass is 643 g/mol. The molecule has 0 radical (unpaired) electrons. The minimum Gasteiger partial charge on any atom is -0.464 e. The van der Waals surface area contributed by atoms with E-state index in [2.05, 4.69) is 20.5 Å². The third-order valence-corrected chi connectivity index (χ3v) is 9.78. The van der Waals surface area contributed by atoms with Gasteiger partial charge < -0.3 is 30.2 Å². The van der Waals surface area contributed by atoms with Gasteiger partial charge in [-0.25, -0.2) is 4.79 Å². The number of thiophene rings is 2. The molecule has 0 saturated carbocycles. The fraction of sp³-hybridized carbons (Fsp3) is 0.273. The molecule has 6 rings (SSSR count). The maximum Gasteiger partial charge on any atom is 0.354 e. The number of nitrogens with one attached hydrogen (secondary N) is 3. The Hall–Kier alpha value is -4.52. The Balaban J connectivity index is 1.12. The predicted octanol–water partition coefficient (Wildman–Crippen LogP) is 5.75. The lowest BCUT2D eigenvalue weighted by atomic mass is 10.1. The van der Waals surface area contributed by atoms with Gasteiger partial charge in [0, 0.05) is 51.9 Å². The fourth-order valence-electron chi connectivity index (χ4n) is 5.58. The summed E-state index contributed by atoms with van der Waals surface area (Å²) >= 11 is 2.66. The van der Waals surface area contributed by atoms with E-state index in [1.54, 1.807) is 22.4 Å². The summed E-state index contributed by atoms with van der Waals surface area (Å²) in [4.78, 5) is 60.0. The molecule has 0 fully saturated rings. The first kappa shape index (κ1) is 30.5. The highest BCUT2D eigenvalue weighted by Crippen LogP contribution is 2.37. The molecule has 12 heteroatoms. The number of aromatic nitrogens is 1. The fourth-order valence-corrected chi connectivity index (χ4v) is 7.33. The van der Waals surface area contributed by atoms with Gasteiger partial charge in [0.2, 0.25) is 5.91 Å². The summed E-state index contributed by atoms with van der Waals surface area (Å²) in [6.45, 7) is 1.37. The van der Waals surface area contributed by atoms with Crippen LogP contribution in [-0.4, -0.2) is 67.9 Å². The number of allylic oxidation sites excluding steroid dienone is 1.